The summed E-state index contributed by atoms with van der Waals surface area (Å²) in [5, 5.41) is 1.28. The van der Waals surface area contributed by atoms with Crippen LogP contribution in [0.4, 0.5) is 0 Å². The Morgan fingerprint density at radius 1 is 0.750 bits per heavy atom. The molecule has 0 saturated carbocycles. The molecule has 0 aliphatic rings. The molecule has 4 aromatic rings. The highest BCUT2D eigenvalue weighted by atomic mass is 14.9. The van der Waals surface area contributed by atoms with Crippen molar-refractivity contribution in [2.75, 3.05) is 0 Å². The Kier molecular flexibility index (Phi) is 4.95. The van der Waals surface area contributed by atoms with Gasteiger partial charge in [0, 0.05) is 11.7 Å². The molecule has 3 nitrogen and oxygen atoms in total. The summed E-state index contributed by atoms with van der Waals surface area (Å²) in [7, 11) is 0. The number of H-pyrrole nitrogens is 2. The second kappa shape index (κ2) is 7.14. The molecule has 3 heteroatoms. The molecule has 0 fully saturated rings. The summed E-state index contributed by atoms with van der Waals surface area (Å²) in [5.41, 5.74) is 3.33. The van der Waals surface area contributed by atoms with Crippen molar-refractivity contribution in [1.82, 2.24) is 15.0 Å². The van der Waals surface area contributed by atoms with Gasteiger partial charge in [0.05, 0.1) is 17.4 Å². The molecule has 0 aliphatic carbocycles. The molecule has 2 aromatic heterocycles. The number of hydrogen-bond donors (Lipinski definition) is 2. The highest BCUT2D eigenvalue weighted by molar-refractivity contribution is 5.78. The van der Waals surface area contributed by atoms with E-state index in [-0.39, 0.29) is 0 Å². The molecule has 2 aromatic carbocycles. The van der Waals surface area contributed by atoms with E-state index in [0.29, 0.717) is 0 Å². The van der Waals surface area contributed by atoms with Crippen molar-refractivity contribution >= 4 is 21.9 Å². The number of nitrogens with one attached hydrogen (secondary N) is 2. The number of aromatic nitrogens is 3. The van der Waals surface area contributed by atoms with Gasteiger partial charge < -0.3 is 9.97 Å². The van der Waals surface area contributed by atoms with Crippen molar-refractivity contribution in [3.05, 3.63) is 67.1 Å². The summed E-state index contributed by atoms with van der Waals surface area (Å²) >= 11 is 0. The molecule has 0 bridgehead atoms. The van der Waals surface area contributed by atoms with E-state index in [1.807, 2.05) is 56.4 Å². The van der Waals surface area contributed by atoms with Gasteiger partial charge in [-0.2, -0.15) is 0 Å². The van der Waals surface area contributed by atoms with E-state index in [2.05, 4.69) is 33.2 Å². The predicted molar refractivity (Wildman–Crippen MR) is 85.7 cm³/mol. The number of hydrogen-bond acceptors (Lipinski definition) is 1. The van der Waals surface area contributed by atoms with E-state index in [4.69, 9.17) is 0 Å². The molecule has 0 spiro atoms. The lowest BCUT2D eigenvalue weighted by Gasteiger charge is -1.83. The van der Waals surface area contributed by atoms with Crippen LogP contribution in [0.25, 0.3) is 21.9 Å². The van der Waals surface area contributed by atoms with Gasteiger partial charge in [-0.1, -0.05) is 44.2 Å². The average Bonchev–Trinajstić information content (AvgIpc) is 3.18. The topological polar surface area (TPSA) is 44.5 Å². The molecule has 0 amide bonds. The minimum Gasteiger partial charge on any atom is -0.361 e. The third-order valence-electron chi connectivity index (χ3n) is 2.79. The standard InChI is InChI=1S/C8H7N.C7H6N2.C2H6/c1-2-4-8-7(3-1)5-6-9-8;1-2-4-7-6(3-1)8-5-9-7;1-2/h1-6,9H;1-5H,(H,8,9);1-2H3. The van der Waals surface area contributed by atoms with Crippen LogP contribution in [0.3, 0.4) is 0 Å². The van der Waals surface area contributed by atoms with Crippen LogP contribution in [0, 0.1) is 0 Å². The number of para-hydroxylation sites is 3. The van der Waals surface area contributed by atoms with Gasteiger partial charge in [0.15, 0.2) is 0 Å². The normalized spacial score (nSPS) is 9.50. The van der Waals surface area contributed by atoms with Gasteiger partial charge in [-0.15, -0.1) is 0 Å². The first kappa shape index (κ1) is 13.9. The minimum absolute atomic E-state index is 1.03. The first-order valence-electron chi connectivity index (χ1n) is 6.84. The Bertz CT molecular complexity index is 626. The predicted octanol–water partition coefficient (Wildman–Crippen LogP) is 4.76. The summed E-state index contributed by atoms with van der Waals surface area (Å²) in [6, 6.07) is 18.2. The fraction of sp³-hybridized carbons (Fsp3) is 0.118. The number of imidazole rings is 1. The zero-order valence-electron chi connectivity index (χ0n) is 11.8. The number of nitrogens with zero attached hydrogens (tertiary/aromatic N) is 1. The van der Waals surface area contributed by atoms with Crippen LogP contribution in [0.2, 0.25) is 0 Å². The molecule has 0 saturated heterocycles. The maximum atomic E-state index is 4.06. The van der Waals surface area contributed by atoms with Crippen molar-refractivity contribution in [3.63, 3.8) is 0 Å². The second-order valence-electron chi connectivity index (χ2n) is 3.98. The Morgan fingerprint density at radius 2 is 1.45 bits per heavy atom. The first-order chi connectivity index (χ1) is 9.93. The lowest BCUT2D eigenvalue weighted by atomic mass is 10.3. The Hall–Kier alpha value is -2.55. The van der Waals surface area contributed by atoms with Gasteiger partial charge in [0.2, 0.25) is 0 Å². The SMILES string of the molecule is CC.c1ccc2[nH]ccc2c1.c1ccc2[nH]cnc2c1. The molecule has 20 heavy (non-hydrogen) atoms. The maximum Gasteiger partial charge on any atom is 0.0931 e. The molecule has 4 rings (SSSR count). The molecule has 0 atom stereocenters. The molecule has 102 valence electrons. The largest absolute Gasteiger partial charge is 0.361 e. The van der Waals surface area contributed by atoms with Crippen LogP contribution < -0.4 is 0 Å². The van der Waals surface area contributed by atoms with E-state index >= 15 is 0 Å². The van der Waals surface area contributed by atoms with Gasteiger partial charge in [-0.25, -0.2) is 4.98 Å². The van der Waals surface area contributed by atoms with Crippen molar-refractivity contribution in [2.24, 2.45) is 0 Å². The summed E-state index contributed by atoms with van der Waals surface area (Å²) < 4.78 is 0. The van der Waals surface area contributed by atoms with Crippen LogP contribution in [0.15, 0.2) is 67.1 Å². The number of benzene rings is 2. The minimum atomic E-state index is 1.03. The van der Waals surface area contributed by atoms with Crippen LogP contribution in [0.5, 0.6) is 0 Å². The van der Waals surface area contributed by atoms with E-state index in [1.165, 1.54) is 10.9 Å². The molecular formula is C17H19N3. The number of fused-ring (bicyclic) bond motifs is 2. The molecule has 2 N–H and O–H groups in total. The molecule has 2 heterocycles. The highest BCUT2D eigenvalue weighted by Crippen LogP contribution is 2.09. The Labute approximate surface area is 118 Å². The van der Waals surface area contributed by atoms with E-state index < -0.39 is 0 Å². The lowest BCUT2D eigenvalue weighted by molar-refractivity contribution is 1.34. The summed E-state index contributed by atoms with van der Waals surface area (Å²) in [5.74, 6) is 0. The third kappa shape index (κ3) is 3.26. The molecule has 0 unspecified atom stereocenters. The summed E-state index contributed by atoms with van der Waals surface area (Å²) in [6.45, 7) is 4.00. The Balaban J connectivity index is 0.000000131. The zero-order valence-corrected chi connectivity index (χ0v) is 11.8. The first-order valence-corrected chi connectivity index (χ1v) is 6.84. The lowest BCUT2D eigenvalue weighted by Crippen LogP contribution is -1.63. The van der Waals surface area contributed by atoms with Crippen molar-refractivity contribution in [3.8, 4) is 0 Å². The van der Waals surface area contributed by atoms with Crippen LogP contribution in [-0.4, -0.2) is 15.0 Å². The smallest absolute Gasteiger partial charge is 0.0931 e. The highest BCUT2D eigenvalue weighted by Gasteiger charge is 1.88. The summed E-state index contributed by atoms with van der Waals surface area (Å²) in [6.07, 6.45) is 3.65. The van der Waals surface area contributed by atoms with Gasteiger partial charge in [-0.05, 0) is 29.7 Å². The quantitative estimate of drug-likeness (QED) is 0.473. The van der Waals surface area contributed by atoms with Crippen molar-refractivity contribution < 1.29 is 0 Å². The van der Waals surface area contributed by atoms with Crippen LogP contribution in [-0.2, 0) is 0 Å². The van der Waals surface area contributed by atoms with Crippen LogP contribution in [0.1, 0.15) is 13.8 Å². The third-order valence-corrected chi connectivity index (χ3v) is 2.79. The van der Waals surface area contributed by atoms with Crippen LogP contribution >= 0.6 is 0 Å². The monoisotopic (exact) mass is 265 g/mol. The average molecular weight is 265 g/mol. The van der Waals surface area contributed by atoms with Gasteiger partial charge in [0.1, 0.15) is 0 Å². The number of aromatic amines is 2. The van der Waals surface area contributed by atoms with Gasteiger partial charge in [-0.3, -0.25) is 0 Å². The number of rotatable bonds is 0. The Morgan fingerprint density at radius 3 is 2.20 bits per heavy atom. The van der Waals surface area contributed by atoms with E-state index in [1.54, 1.807) is 6.33 Å². The van der Waals surface area contributed by atoms with Crippen molar-refractivity contribution in [2.45, 2.75) is 13.8 Å². The second-order valence-corrected chi connectivity index (χ2v) is 3.98. The molecular weight excluding hydrogens is 246 g/mol. The van der Waals surface area contributed by atoms with E-state index in [0.717, 1.165) is 11.0 Å². The zero-order chi connectivity index (χ0) is 14.2. The van der Waals surface area contributed by atoms with E-state index in [9.17, 15) is 0 Å². The fourth-order valence-corrected chi connectivity index (χ4v) is 1.87. The fourth-order valence-electron chi connectivity index (χ4n) is 1.87. The van der Waals surface area contributed by atoms with Gasteiger partial charge in [0.25, 0.3) is 0 Å². The molecule has 0 radical (unpaired) electrons. The maximum absolute atomic E-state index is 4.06. The molecule has 0 aliphatic heterocycles. The summed E-state index contributed by atoms with van der Waals surface area (Å²) in [4.78, 5) is 10.2. The van der Waals surface area contributed by atoms with Gasteiger partial charge >= 0.3 is 0 Å². The van der Waals surface area contributed by atoms with Crippen molar-refractivity contribution in [1.29, 1.82) is 0 Å².